The van der Waals surface area contributed by atoms with Crippen molar-refractivity contribution >= 4 is 17.4 Å². The molecule has 0 aliphatic carbocycles. The molecule has 0 N–H and O–H groups in total. The van der Waals surface area contributed by atoms with Crippen LogP contribution in [0.1, 0.15) is 11.1 Å². The molecule has 0 radical (unpaired) electrons. The molecule has 0 atom stereocenters. The Morgan fingerprint density at radius 3 is 2.68 bits per heavy atom. The minimum absolute atomic E-state index is 0.0647. The molecule has 19 heavy (non-hydrogen) atoms. The van der Waals surface area contributed by atoms with E-state index in [1.165, 1.54) is 23.9 Å². The van der Waals surface area contributed by atoms with Gasteiger partial charge >= 0.3 is 0 Å². The van der Waals surface area contributed by atoms with Crippen LogP contribution in [0.2, 0.25) is 0 Å². The molecular weight excluding hydrogens is 260 g/mol. The molecule has 0 unspecified atom stereocenters. The largest absolute Gasteiger partial charge is 0.270 e. The summed E-state index contributed by atoms with van der Waals surface area (Å²) >= 11 is 1.43. The second kappa shape index (κ2) is 5.55. The van der Waals surface area contributed by atoms with E-state index in [0.29, 0.717) is 5.56 Å². The zero-order valence-corrected chi connectivity index (χ0v) is 11.0. The molecule has 0 aliphatic heterocycles. The van der Waals surface area contributed by atoms with Gasteiger partial charge in [0.05, 0.1) is 10.5 Å². The lowest BCUT2D eigenvalue weighted by Gasteiger charge is -2.04. The summed E-state index contributed by atoms with van der Waals surface area (Å²) in [5, 5.41) is 19.7. The van der Waals surface area contributed by atoms with Gasteiger partial charge in [0.2, 0.25) is 0 Å². The van der Waals surface area contributed by atoms with Crippen LogP contribution < -0.4 is 0 Å². The van der Waals surface area contributed by atoms with E-state index in [9.17, 15) is 10.1 Å². The van der Waals surface area contributed by atoms with Crippen molar-refractivity contribution in [1.82, 2.24) is 0 Å². The van der Waals surface area contributed by atoms with Gasteiger partial charge < -0.3 is 0 Å². The molecule has 0 spiro atoms. The molecule has 2 aromatic rings. The second-order valence-electron chi connectivity index (χ2n) is 3.97. The van der Waals surface area contributed by atoms with Crippen molar-refractivity contribution in [3.05, 3.63) is 63.7 Å². The van der Waals surface area contributed by atoms with Gasteiger partial charge in [-0.3, -0.25) is 10.1 Å². The Kier molecular flexibility index (Phi) is 3.83. The van der Waals surface area contributed by atoms with Crippen LogP contribution in [0.25, 0.3) is 0 Å². The van der Waals surface area contributed by atoms with E-state index >= 15 is 0 Å². The molecule has 0 amide bonds. The highest BCUT2D eigenvalue weighted by Crippen LogP contribution is 2.32. The molecule has 0 fully saturated rings. The maximum absolute atomic E-state index is 10.7. The van der Waals surface area contributed by atoms with E-state index in [0.717, 1.165) is 15.4 Å². The first-order chi connectivity index (χ1) is 9.10. The van der Waals surface area contributed by atoms with Crippen molar-refractivity contribution in [2.45, 2.75) is 16.7 Å². The summed E-state index contributed by atoms with van der Waals surface area (Å²) < 4.78 is 0. The summed E-state index contributed by atoms with van der Waals surface area (Å²) in [4.78, 5) is 11.9. The highest BCUT2D eigenvalue weighted by atomic mass is 32.2. The smallest absolute Gasteiger partial charge is 0.258 e. The Morgan fingerprint density at radius 1 is 1.26 bits per heavy atom. The van der Waals surface area contributed by atoms with Crippen molar-refractivity contribution in [2.24, 2.45) is 0 Å². The zero-order valence-electron chi connectivity index (χ0n) is 10.2. The lowest BCUT2D eigenvalue weighted by Crippen LogP contribution is -1.90. The Balaban J connectivity index is 2.36. The maximum Gasteiger partial charge on any atom is 0.270 e. The Morgan fingerprint density at radius 2 is 2.05 bits per heavy atom. The first-order valence-corrected chi connectivity index (χ1v) is 6.35. The molecule has 4 nitrogen and oxygen atoms in total. The molecule has 2 rings (SSSR count). The lowest BCUT2D eigenvalue weighted by atomic mass is 10.2. The monoisotopic (exact) mass is 270 g/mol. The Bertz CT molecular complexity index is 677. The Labute approximate surface area is 114 Å². The van der Waals surface area contributed by atoms with Crippen LogP contribution in [0.15, 0.2) is 52.3 Å². The molecule has 0 heterocycles. The van der Waals surface area contributed by atoms with Gasteiger partial charge in [-0.1, -0.05) is 29.5 Å². The normalized spacial score (nSPS) is 9.89. The van der Waals surface area contributed by atoms with E-state index < -0.39 is 4.92 Å². The van der Waals surface area contributed by atoms with Crippen molar-refractivity contribution in [1.29, 1.82) is 5.26 Å². The predicted octanol–water partition coefficient (Wildman–Crippen LogP) is 3.93. The lowest BCUT2D eigenvalue weighted by molar-refractivity contribution is -0.384. The van der Waals surface area contributed by atoms with Crippen LogP contribution >= 0.6 is 11.8 Å². The van der Waals surface area contributed by atoms with Crippen LogP contribution in [0.5, 0.6) is 0 Å². The fourth-order valence-corrected chi connectivity index (χ4v) is 2.61. The first kappa shape index (κ1) is 13.1. The van der Waals surface area contributed by atoms with Gasteiger partial charge in [-0.05, 0) is 25.1 Å². The van der Waals surface area contributed by atoms with Gasteiger partial charge in [-0.15, -0.1) is 0 Å². The molecule has 0 saturated heterocycles. The number of nitro benzene ring substituents is 1. The van der Waals surface area contributed by atoms with E-state index in [4.69, 9.17) is 5.26 Å². The SMILES string of the molecule is Cc1cccc(Sc2ccc([N+](=O)[O-])cc2C#N)c1. The summed E-state index contributed by atoms with van der Waals surface area (Å²) in [6, 6.07) is 14.2. The first-order valence-electron chi connectivity index (χ1n) is 5.53. The number of nitrogens with zero attached hydrogens (tertiary/aromatic N) is 2. The molecule has 0 aliphatic rings. The molecule has 0 bridgehead atoms. The van der Waals surface area contributed by atoms with E-state index in [-0.39, 0.29) is 5.69 Å². The molecule has 0 saturated carbocycles. The summed E-state index contributed by atoms with van der Waals surface area (Å²) in [7, 11) is 0. The summed E-state index contributed by atoms with van der Waals surface area (Å²) in [5.74, 6) is 0. The average molecular weight is 270 g/mol. The standard InChI is InChI=1S/C14H10N2O2S/c1-10-3-2-4-13(7-10)19-14-6-5-12(16(17)18)8-11(14)9-15/h2-8H,1H3. The van der Waals surface area contributed by atoms with E-state index in [2.05, 4.69) is 0 Å². The van der Waals surface area contributed by atoms with Crippen molar-refractivity contribution in [3.8, 4) is 6.07 Å². The second-order valence-corrected chi connectivity index (χ2v) is 5.08. The van der Waals surface area contributed by atoms with Gasteiger partial charge in [0.15, 0.2) is 0 Å². The average Bonchev–Trinajstić information content (AvgIpc) is 2.39. The van der Waals surface area contributed by atoms with Crippen molar-refractivity contribution in [3.63, 3.8) is 0 Å². The van der Waals surface area contributed by atoms with Gasteiger partial charge in [0.25, 0.3) is 5.69 Å². The van der Waals surface area contributed by atoms with Crippen LogP contribution in [-0.4, -0.2) is 4.92 Å². The predicted molar refractivity (Wildman–Crippen MR) is 73.1 cm³/mol. The molecular formula is C14H10N2O2S. The van der Waals surface area contributed by atoms with Crippen LogP contribution in [0.3, 0.4) is 0 Å². The number of non-ortho nitro benzene ring substituents is 1. The van der Waals surface area contributed by atoms with Crippen LogP contribution in [0, 0.1) is 28.4 Å². The van der Waals surface area contributed by atoms with Gasteiger partial charge in [-0.2, -0.15) is 5.26 Å². The molecule has 0 aromatic heterocycles. The topological polar surface area (TPSA) is 66.9 Å². The summed E-state index contributed by atoms with van der Waals surface area (Å²) in [6.45, 7) is 1.99. The molecule has 94 valence electrons. The number of nitro groups is 1. The minimum atomic E-state index is -0.498. The highest BCUT2D eigenvalue weighted by Gasteiger charge is 2.11. The van der Waals surface area contributed by atoms with Gasteiger partial charge in [0, 0.05) is 21.9 Å². The highest BCUT2D eigenvalue weighted by molar-refractivity contribution is 7.99. The number of benzene rings is 2. The third kappa shape index (κ3) is 3.12. The Hall–Kier alpha value is -2.32. The van der Waals surface area contributed by atoms with Crippen molar-refractivity contribution in [2.75, 3.05) is 0 Å². The summed E-state index contributed by atoms with van der Waals surface area (Å²) in [5.41, 5.74) is 1.39. The number of hydrogen-bond acceptors (Lipinski definition) is 4. The van der Waals surface area contributed by atoms with E-state index in [1.807, 2.05) is 37.3 Å². The van der Waals surface area contributed by atoms with Crippen molar-refractivity contribution < 1.29 is 4.92 Å². The molecule has 2 aromatic carbocycles. The number of hydrogen-bond donors (Lipinski definition) is 0. The van der Waals surface area contributed by atoms with Crippen LogP contribution in [-0.2, 0) is 0 Å². The quantitative estimate of drug-likeness (QED) is 0.626. The van der Waals surface area contributed by atoms with Gasteiger partial charge in [0.1, 0.15) is 6.07 Å². The minimum Gasteiger partial charge on any atom is -0.258 e. The fraction of sp³-hybridized carbons (Fsp3) is 0.0714. The third-order valence-electron chi connectivity index (χ3n) is 2.51. The summed E-state index contributed by atoms with van der Waals surface area (Å²) in [6.07, 6.45) is 0. The van der Waals surface area contributed by atoms with Gasteiger partial charge in [-0.25, -0.2) is 0 Å². The fourth-order valence-electron chi connectivity index (χ4n) is 1.61. The number of aryl methyl sites for hydroxylation is 1. The van der Waals surface area contributed by atoms with E-state index in [1.54, 1.807) is 6.07 Å². The zero-order chi connectivity index (χ0) is 13.8. The number of rotatable bonds is 3. The van der Waals surface area contributed by atoms with Crippen LogP contribution in [0.4, 0.5) is 5.69 Å². The number of nitriles is 1. The third-order valence-corrected chi connectivity index (χ3v) is 3.58. The molecule has 5 heteroatoms. The maximum atomic E-state index is 10.7.